The molecule has 2 atom stereocenters. The Morgan fingerprint density at radius 2 is 1.97 bits per heavy atom. The fourth-order valence-electron chi connectivity index (χ4n) is 4.98. The van der Waals surface area contributed by atoms with E-state index >= 15 is 0 Å². The molecule has 4 heterocycles. The molecule has 7 heteroatoms. The number of aromatic nitrogens is 3. The number of carbonyl (C=O) groups excluding carboxylic acids is 1. The Labute approximate surface area is 171 Å². The highest BCUT2D eigenvalue weighted by atomic mass is 16.2. The summed E-state index contributed by atoms with van der Waals surface area (Å²) in [6, 6.07) is 2.47. The molecule has 7 nitrogen and oxygen atoms in total. The van der Waals surface area contributed by atoms with Gasteiger partial charge in [-0.15, -0.1) is 0 Å². The molecule has 1 saturated heterocycles. The summed E-state index contributed by atoms with van der Waals surface area (Å²) in [5.74, 6) is 1.51. The highest BCUT2D eigenvalue weighted by molar-refractivity contribution is 5.81. The Morgan fingerprint density at radius 1 is 1.24 bits per heavy atom. The Balaban J connectivity index is 1.35. The molecule has 2 aromatic rings. The molecule has 2 fully saturated rings. The van der Waals surface area contributed by atoms with Gasteiger partial charge in [0.25, 0.3) is 5.56 Å². The lowest BCUT2D eigenvalue weighted by atomic mass is 9.93. The van der Waals surface area contributed by atoms with Crippen molar-refractivity contribution in [3.63, 3.8) is 0 Å². The second-order valence-corrected chi connectivity index (χ2v) is 9.48. The van der Waals surface area contributed by atoms with E-state index in [9.17, 15) is 9.59 Å². The van der Waals surface area contributed by atoms with Gasteiger partial charge in [0.15, 0.2) is 5.65 Å². The highest BCUT2D eigenvalue weighted by Gasteiger charge is 2.42. The minimum Gasteiger partial charge on any atom is -0.342 e. The lowest BCUT2D eigenvalue weighted by molar-refractivity contribution is -0.133. The highest BCUT2D eigenvalue weighted by Crippen LogP contribution is 2.40. The van der Waals surface area contributed by atoms with Crippen LogP contribution < -0.4 is 5.56 Å². The summed E-state index contributed by atoms with van der Waals surface area (Å²) in [6.07, 6.45) is 3.76. The number of fused-ring (bicyclic) bond motifs is 2. The number of H-pyrrole nitrogens is 1. The van der Waals surface area contributed by atoms with E-state index in [4.69, 9.17) is 4.98 Å². The van der Waals surface area contributed by atoms with Gasteiger partial charge in [-0.3, -0.25) is 19.6 Å². The van der Waals surface area contributed by atoms with Crippen molar-refractivity contribution in [3.8, 4) is 0 Å². The zero-order valence-electron chi connectivity index (χ0n) is 17.6. The summed E-state index contributed by atoms with van der Waals surface area (Å²) in [4.78, 5) is 34.8. The molecule has 156 valence electrons. The van der Waals surface area contributed by atoms with Crippen LogP contribution in [0.15, 0.2) is 10.9 Å². The molecule has 3 aliphatic rings. The quantitative estimate of drug-likeness (QED) is 0.861. The van der Waals surface area contributed by atoms with Gasteiger partial charge in [0.1, 0.15) is 0 Å². The van der Waals surface area contributed by atoms with Crippen LogP contribution in [0.4, 0.5) is 0 Å². The van der Waals surface area contributed by atoms with E-state index in [0.717, 1.165) is 67.9 Å². The fraction of sp³-hybridized carbons (Fsp3) is 0.682. The molecule has 1 amide bonds. The number of nitrogens with zero attached hydrogens (tertiary/aromatic N) is 4. The van der Waals surface area contributed by atoms with E-state index in [0.29, 0.717) is 30.3 Å². The lowest BCUT2D eigenvalue weighted by Gasteiger charge is -2.31. The predicted octanol–water partition coefficient (Wildman–Crippen LogP) is 2.15. The third kappa shape index (κ3) is 3.29. The first-order valence-corrected chi connectivity index (χ1v) is 11.1. The SMILES string of the molecule is CC(C)N1CCc2nc3cc(C4CCN(C(=O)[C@@H]5C[C@@H]5C)CC4)[nH]n3c(=O)c2C1. The summed E-state index contributed by atoms with van der Waals surface area (Å²) in [5, 5.41) is 3.33. The van der Waals surface area contributed by atoms with E-state index in [1.807, 2.05) is 11.0 Å². The number of piperidine rings is 1. The van der Waals surface area contributed by atoms with Gasteiger partial charge in [-0.25, -0.2) is 9.50 Å². The Bertz CT molecular complexity index is 999. The number of amides is 1. The second kappa shape index (κ2) is 6.97. The van der Waals surface area contributed by atoms with E-state index in [1.165, 1.54) is 0 Å². The maximum Gasteiger partial charge on any atom is 0.277 e. The molecular weight excluding hydrogens is 366 g/mol. The molecule has 0 radical (unpaired) electrons. The molecule has 5 rings (SSSR count). The summed E-state index contributed by atoms with van der Waals surface area (Å²) in [6.45, 7) is 9.75. The van der Waals surface area contributed by atoms with Crippen LogP contribution in [-0.2, 0) is 17.8 Å². The van der Waals surface area contributed by atoms with Crippen molar-refractivity contribution in [2.45, 2.75) is 65.0 Å². The van der Waals surface area contributed by atoms with Crippen LogP contribution in [0.2, 0.25) is 0 Å². The van der Waals surface area contributed by atoms with Crippen molar-refractivity contribution in [1.82, 2.24) is 24.4 Å². The topological polar surface area (TPSA) is 73.7 Å². The molecule has 0 spiro atoms. The monoisotopic (exact) mass is 397 g/mol. The Kier molecular flexibility index (Phi) is 4.53. The van der Waals surface area contributed by atoms with Crippen molar-refractivity contribution >= 4 is 11.6 Å². The predicted molar refractivity (Wildman–Crippen MR) is 111 cm³/mol. The molecule has 2 aromatic heterocycles. The smallest absolute Gasteiger partial charge is 0.277 e. The molecule has 2 aliphatic heterocycles. The second-order valence-electron chi connectivity index (χ2n) is 9.48. The van der Waals surface area contributed by atoms with Gasteiger partial charge < -0.3 is 4.90 Å². The van der Waals surface area contributed by atoms with Crippen molar-refractivity contribution in [2.75, 3.05) is 19.6 Å². The molecule has 1 saturated carbocycles. The maximum atomic E-state index is 13.1. The molecule has 29 heavy (non-hydrogen) atoms. The average Bonchev–Trinajstić information content (AvgIpc) is 3.29. The van der Waals surface area contributed by atoms with Crippen LogP contribution in [0.5, 0.6) is 0 Å². The summed E-state index contributed by atoms with van der Waals surface area (Å²) in [7, 11) is 0. The molecule has 0 aromatic carbocycles. The van der Waals surface area contributed by atoms with Crippen LogP contribution in [0.1, 0.15) is 62.9 Å². The number of hydrogen-bond acceptors (Lipinski definition) is 4. The van der Waals surface area contributed by atoms with Crippen LogP contribution in [0, 0.1) is 11.8 Å². The summed E-state index contributed by atoms with van der Waals surface area (Å²) in [5.41, 5.74) is 3.62. The van der Waals surface area contributed by atoms with Gasteiger partial charge in [-0.1, -0.05) is 6.92 Å². The summed E-state index contributed by atoms with van der Waals surface area (Å²) >= 11 is 0. The first-order valence-electron chi connectivity index (χ1n) is 11.1. The molecule has 0 unspecified atom stereocenters. The number of hydrogen-bond donors (Lipinski definition) is 1. The summed E-state index contributed by atoms with van der Waals surface area (Å²) < 4.78 is 1.63. The molecule has 1 N–H and O–H groups in total. The van der Waals surface area contributed by atoms with Crippen molar-refractivity contribution in [1.29, 1.82) is 0 Å². The van der Waals surface area contributed by atoms with Gasteiger partial charge >= 0.3 is 0 Å². The van der Waals surface area contributed by atoms with Gasteiger partial charge in [-0.2, -0.15) is 0 Å². The van der Waals surface area contributed by atoms with Crippen LogP contribution in [0.25, 0.3) is 5.65 Å². The van der Waals surface area contributed by atoms with Gasteiger partial charge in [-0.05, 0) is 39.0 Å². The lowest BCUT2D eigenvalue weighted by Crippen LogP contribution is -2.40. The van der Waals surface area contributed by atoms with Gasteiger partial charge in [0.05, 0.1) is 11.3 Å². The van der Waals surface area contributed by atoms with Crippen molar-refractivity contribution < 1.29 is 4.79 Å². The van der Waals surface area contributed by atoms with Crippen LogP contribution in [0.3, 0.4) is 0 Å². The van der Waals surface area contributed by atoms with Gasteiger partial charge in [0, 0.05) is 62.2 Å². The molecule has 1 aliphatic carbocycles. The third-order valence-corrected chi connectivity index (χ3v) is 7.21. The number of rotatable bonds is 3. The van der Waals surface area contributed by atoms with Gasteiger partial charge in [0.2, 0.25) is 5.91 Å². The first-order chi connectivity index (χ1) is 13.9. The fourth-order valence-corrected chi connectivity index (χ4v) is 4.98. The third-order valence-electron chi connectivity index (χ3n) is 7.21. The van der Waals surface area contributed by atoms with E-state index in [-0.39, 0.29) is 11.5 Å². The van der Waals surface area contributed by atoms with Crippen molar-refractivity contribution in [3.05, 3.63) is 33.4 Å². The van der Waals surface area contributed by atoms with Crippen LogP contribution >= 0.6 is 0 Å². The molecular formula is C22H31N5O2. The minimum absolute atomic E-state index is 0.0388. The van der Waals surface area contributed by atoms with E-state index in [2.05, 4.69) is 30.8 Å². The first kappa shape index (κ1) is 18.9. The molecule has 0 bridgehead atoms. The number of carbonyl (C=O) groups is 1. The Hall–Kier alpha value is -2.15. The maximum absolute atomic E-state index is 13.1. The Morgan fingerprint density at radius 3 is 2.62 bits per heavy atom. The standard InChI is InChI=1S/C22H31N5O2/c1-13(2)26-9-6-18-17(12-26)22(29)27-20(23-18)11-19(24-27)15-4-7-25(8-5-15)21(28)16-10-14(16)3/h11,13-16,24H,4-10,12H2,1-3H3/t14-,16+/m0/s1. The van der Waals surface area contributed by atoms with E-state index in [1.54, 1.807) is 4.52 Å². The number of nitrogens with one attached hydrogen (secondary N) is 1. The normalized spacial score (nSPS) is 25.6. The minimum atomic E-state index is 0.0388. The van der Waals surface area contributed by atoms with Crippen LogP contribution in [-0.4, -0.2) is 56.0 Å². The van der Waals surface area contributed by atoms with Crippen molar-refractivity contribution in [2.24, 2.45) is 11.8 Å². The largest absolute Gasteiger partial charge is 0.342 e. The van der Waals surface area contributed by atoms with E-state index < -0.39 is 0 Å². The average molecular weight is 398 g/mol. The zero-order chi connectivity index (χ0) is 20.3. The number of likely N-dealkylation sites (tertiary alicyclic amines) is 1. The number of aromatic amines is 1. The zero-order valence-corrected chi connectivity index (χ0v) is 17.6.